The number of para-hydroxylation sites is 3. The Hall–Kier alpha value is -4.50. The number of nitrogens with zero attached hydrogens (tertiary/aromatic N) is 1. The average molecular weight is 430 g/mol. The van der Waals surface area contributed by atoms with Crippen LogP contribution in [0.15, 0.2) is 107 Å². The van der Waals surface area contributed by atoms with E-state index in [-0.39, 0.29) is 57.8 Å². The third-order valence-corrected chi connectivity index (χ3v) is 6.41. The second kappa shape index (κ2) is 6.05. The Morgan fingerprint density at radius 3 is 2.42 bits per heavy atom. The molecule has 8 aromatic rings. The first-order valence-corrected chi connectivity index (χ1v) is 10.6. The first kappa shape index (κ1) is 11.9. The van der Waals surface area contributed by atoms with Crippen LogP contribution in [0.4, 0.5) is 0 Å². The van der Waals surface area contributed by atoms with E-state index in [1.165, 1.54) is 0 Å². The first-order valence-electron chi connectivity index (χ1n) is 14.1. The molecule has 154 valence electrons. The Morgan fingerprint density at radius 2 is 1.45 bits per heavy atom. The van der Waals surface area contributed by atoms with E-state index in [4.69, 9.17) is 12.6 Å². The van der Waals surface area contributed by atoms with E-state index in [1.54, 1.807) is 0 Å². The van der Waals surface area contributed by atoms with Gasteiger partial charge in [-0.25, -0.2) is 0 Å². The molecule has 0 aliphatic heterocycles. The van der Waals surface area contributed by atoms with Crippen LogP contribution in [0, 0.1) is 0 Å². The number of aromatic amines is 1. The normalized spacial score (nSPS) is 15.2. The van der Waals surface area contributed by atoms with Gasteiger partial charge in [-0.05, 0) is 36.3 Å². The van der Waals surface area contributed by atoms with Crippen molar-refractivity contribution in [1.29, 1.82) is 0 Å². The van der Waals surface area contributed by atoms with Gasteiger partial charge in [0, 0.05) is 43.5 Å². The van der Waals surface area contributed by atoms with Gasteiger partial charge in [-0.2, -0.15) is 0 Å². The van der Waals surface area contributed by atoms with Gasteiger partial charge in [0.05, 0.1) is 26.1 Å². The van der Waals surface area contributed by atoms with Crippen LogP contribution in [0.2, 0.25) is 0 Å². The Balaban J connectivity index is 1.64. The molecule has 33 heavy (non-hydrogen) atoms. The highest BCUT2D eigenvalue weighted by Crippen LogP contribution is 2.39. The topological polar surface area (TPSA) is 33.9 Å². The van der Waals surface area contributed by atoms with Gasteiger partial charge in [0.2, 0.25) is 0 Å². The number of benzene rings is 5. The molecule has 0 radical (unpaired) electrons. The van der Waals surface area contributed by atoms with Crippen molar-refractivity contribution in [2.24, 2.45) is 0 Å². The number of hydrogen-bond donors (Lipinski definition) is 1. The number of nitrogens with one attached hydrogen (secondary N) is 1. The predicted molar refractivity (Wildman–Crippen MR) is 137 cm³/mol. The van der Waals surface area contributed by atoms with Crippen molar-refractivity contribution in [3.8, 4) is 5.69 Å². The van der Waals surface area contributed by atoms with Crippen molar-refractivity contribution >= 4 is 65.6 Å². The number of aromatic nitrogens is 2. The van der Waals surface area contributed by atoms with Crippen LogP contribution in [0.5, 0.6) is 0 Å². The molecule has 3 nitrogen and oxygen atoms in total. The van der Waals surface area contributed by atoms with Crippen LogP contribution in [0.25, 0.3) is 71.2 Å². The molecule has 0 saturated carbocycles. The molecule has 0 unspecified atom stereocenters. The van der Waals surface area contributed by atoms with E-state index in [1.807, 2.05) is 59.2 Å². The third kappa shape index (κ3) is 2.18. The lowest BCUT2D eigenvalue weighted by Gasteiger charge is -2.09. The van der Waals surface area contributed by atoms with Crippen LogP contribution in [-0.2, 0) is 0 Å². The smallest absolute Gasteiger partial charge is 0.135 e. The van der Waals surface area contributed by atoms with Crippen molar-refractivity contribution in [1.82, 2.24) is 9.55 Å². The quantitative estimate of drug-likeness (QED) is 0.280. The van der Waals surface area contributed by atoms with E-state index in [2.05, 4.69) is 11.1 Å². The number of hydrogen-bond acceptors (Lipinski definition) is 1. The minimum Gasteiger partial charge on any atom is -0.456 e. The highest BCUT2D eigenvalue weighted by molar-refractivity contribution is 6.22. The molecule has 0 fully saturated rings. The van der Waals surface area contributed by atoms with Crippen LogP contribution in [0.1, 0.15) is 9.60 Å². The van der Waals surface area contributed by atoms with Gasteiger partial charge in [0.15, 0.2) is 0 Å². The molecular formula is C30H18N2O. The summed E-state index contributed by atoms with van der Waals surface area (Å²) in [6.45, 7) is 0. The molecule has 1 N–H and O–H groups in total. The summed E-state index contributed by atoms with van der Waals surface area (Å²) in [7, 11) is 0. The predicted octanol–water partition coefficient (Wildman–Crippen LogP) is 8.32. The van der Waals surface area contributed by atoms with Gasteiger partial charge in [0.25, 0.3) is 0 Å². The van der Waals surface area contributed by atoms with E-state index in [0.29, 0.717) is 0 Å². The number of rotatable bonds is 1. The minimum absolute atomic E-state index is 0.0391. The zero-order valence-electron chi connectivity index (χ0n) is 24.1. The number of H-pyrrole nitrogens is 1. The second-order valence-corrected chi connectivity index (χ2v) is 8.14. The third-order valence-electron chi connectivity index (χ3n) is 6.41. The van der Waals surface area contributed by atoms with Crippen LogP contribution in [0.3, 0.4) is 0 Å². The Bertz CT molecular complexity index is 2420. The van der Waals surface area contributed by atoms with Crippen molar-refractivity contribution in [2.45, 2.75) is 0 Å². The molecular weight excluding hydrogens is 404 g/mol. The largest absolute Gasteiger partial charge is 0.456 e. The summed E-state index contributed by atoms with van der Waals surface area (Å²) in [5.41, 5.74) is 3.21. The first-order chi connectivity index (χ1) is 19.3. The standard InChI is InChI=1S/C30H18N2O/c1-4-10-25-19(7-1)22-14-15-23-20-8-2-5-11-26(20)32(30(23)29(22)31-25)18-13-16-28-24(17-18)21-9-3-6-12-27(21)33-28/h1-17,31H/i3D,6D,9D,12D,13D,16D,17D. The lowest BCUT2D eigenvalue weighted by molar-refractivity contribution is 0.669. The lowest BCUT2D eigenvalue weighted by Crippen LogP contribution is -1.94. The summed E-state index contributed by atoms with van der Waals surface area (Å²) in [6, 6.07) is 17.5. The zero-order chi connectivity index (χ0) is 27.6. The summed E-state index contributed by atoms with van der Waals surface area (Å²) in [6.07, 6.45) is 0. The monoisotopic (exact) mass is 429 g/mol. The summed E-state index contributed by atoms with van der Waals surface area (Å²) < 4.78 is 68.1. The summed E-state index contributed by atoms with van der Waals surface area (Å²) in [4.78, 5) is 3.53. The maximum Gasteiger partial charge on any atom is 0.135 e. The van der Waals surface area contributed by atoms with Crippen LogP contribution in [-0.4, -0.2) is 9.55 Å². The lowest BCUT2D eigenvalue weighted by atomic mass is 10.1. The molecule has 0 aliphatic carbocycles. The fraction of sp³-hybridized carbons (Fsp3) is 0. The fourth-order valence-electron chi connectivity index (χ4n) is 5.01. The molecule has 0 saturated heterocycles. The molecule has 0 amide bonds. The van der Waals surface area contributed by atoms with Crippen molar-refractivity contribution < 1.29 is 14.0 Å². The van der Waals surface area contributed by atoms with Gasteiger partial charge in [0.1, 0.15) is 11.2 Å². The fourth-order valence-corrected chi connectivity index (χ4v) is 5.01. The summed E-state index contributed by atoms with van der Waals surface area (Å²) in [5.74, 6) is 0. The van der Waals surface area contributed by atoms with Gasteiger partial charge in [-0.3, -0.25) is 0 Å². The minimum atomic E-state index is -0.454. The average Bonchev–Trinajstić information content (AvgIpc) is 3.65. The van der Waals surface area contributed by atoms with Gasteiger partial charge < -0.3 is 14.0 Å². The Kier molecular flexibility index (Phi) is 2.19. The molecule has 0 atom stereocenters. The molecule has 0 aliphatic rings. The van der Waals surface area contributed by atoms with E-state index < -0.39 is 12.1 Å². The van der Waals surface area contributed by atoms with E-state index in [9.17, 15) is 1.37 Å². The van der Waals surface area contributed by atoms with Crippen molar-refractivity contribution in [3.05, 3.63) is 103 Å². The molecule has 5 aromatic carbocycles. The van der Waals surface area contributed by atoms with Gasteiger partial charge >= 0.3 is 0 Å². The van der Waals surface area contributed by atoms with Gasteiger partial charge in [-0.15, -0.1) is 0 Å². The van der Waals surface area contributed by atoms with E-state index in [0.717, 1.165) is 43.6 Å². The van der Waals surface area contributed by atoms with Crippen LogP contribution >= 0.6 is 0 Å². The molecule has 3 heteroatoms. The summed E-state index contributed by atoms with van der Waals surface area (Å²) in [5, 5.41) is 3.99. The van der Waals surface area contributed by atoms with Gasteiger partial charge in [-0.1, -0.05) is 66.7 Å². The van der Waals surface area contributed by atoms with Crippen LogP contribution < -0.4 is 0 Å². The molecule has 0 spiro atoms. The zero-order valence-corrected chi connectivity index (χ0v) is 17.1. The highest BCUT2D eigenvalue weighted by Gasteiger charge is 2.18. The van der Waals surface area contributed by atoms with E-state index >= 15 is 0 Å². The molecule has 0 bridgehead atoms. The number of fused-ring (bicyclic) bond motifs is 10. The van der Waals surface area contributed by atoms with Crippen molar-refractivity contribution in [3.63, 3.8) is 0 Å². The second-order valence-electron chi connectivity index (χ2n) is 8.14. The summed E-state index contributed by atoms with van der Waals surface area (Å²) >= 11 is 0. The highest BCUT2D eigenvalue weighted by atomic mass is 16.3. The molecule has 3 aromatic heterocycles. The maximum atomic E-state index is 9.36. The molecule has 3 heterocycles. The SMILES string of the molecule is [2H]c1c([2H])c([2H])c2c(oc3c([2H])c([2H])c(-n4c5ccccc5c5ccc6c7ccccc7[nH]c6c54)c([2H])c32)c1[2H]. The Morgan fingerprint density at radius 1 is 0.667 bits per heavy atom. The maximum absolute atomic E-state index is 9.36. The Labute approximate surface area is 198 Å². The number of furan rings is 1. The van der Waals surface area contributed by atoms with Crippen molar-refractivity contribution in [2.75, 3.05) is 0 Å². The molecule has 8 rings (SSSR count).